The highest BCUT2D eigenvalue weighted by Gasteiger charge is 2.46. The molecule has 1 aromatic rings. The summed E-state index contributed by atoms with van der Waals surface area (Å²) >= 11 is 0. The molecule has 0 spiro atoms. The molecule has 0 saturated heterocycles. The molecule has 5 heteroatoms. The topological polar surface area (TPSA) is 35.2 Å². The van der Waals surface area contributed by atoms with E-state index in [1.807, 2.05) is 18.2 Å². The summed E-state index contributed by atoms with van der Waals surface area (Å²) in [5, 5.41) is 0. The average molecular weight is 285 g/mol. The summed E-state index contributed by atoms with van der Waals surface area (Å²) < 4.78 is 44.3. The van der Waals surface area contributed by atoms with Crippen LogP contribution in [0, 0.1) is 5.92 Å². The lowest BCUT2D eigenvalue weighted by Crippen LogP contribution is -2.44. The second kappa shape index (κ2) is 4.65. The number of ether oxygens (including phenoxy) is 1. The molecule has 0 aromatic heterocycles. The summed E-state index contributed by atoms with van der Waals surface area (Å²) in [5.74, 6) is -0.453. The van der Waals surface area contributed by atoms with Crippen molar-refractivity contribution in [2.45, 2.75) is 43.8 Å². The normalized spacial score (nSPS) is 29.9. The van der Waals surface area contributed by atoms with Gasteiger partial charge in [-0.3, -0.25) is 0 Å². The summed E-state index contributed by atoms with van der Waals surface area (Å²) in [6.45, 7) is 0.640. The fourth-order valence-corrected chi connectivity index (χ4v) is 3.35. The van der Waals surface area contributed by atoms with Crippen LogP contribution in [0.5, 0.6) is 5.75 Å². The van der Waals surface area contributed by atoms with E-state index in [1.54, 1.807) is 0 Å². The Balaban J connectivity index is 1.88. The fraction of sp³-hybridized carbons (Fsp3) is 0.600. The fourth-order valence-electron chi connectivity index (χ4n) is 3.35. The summed E-state index contributed by atoms with van der Waals surface area (Å²) in [5.41, 5.74) is 7.33. The first kappa shape index (κ1) is 13.7. The Morgan fingerprint density at radius 2 is 2.10 bits per heavy atom. The zero-order valence-corrected chi connectivity index (χ0v) is 11.2. The van der Waals surface area contributed by atoms with Gasteiger partial charge < -0.3 is 10.5 Å². The van der Waals surface area contributed by atoms with Gasteiger partial charge in [0.1, 0.15) is 5.75 Å². The van der Waals surface area contributed by atoms with Crippen molar-refractivity contribution < 1.29 is 17.9 Å². The predicted molar refractivity (Wildman–Crippen MR) is 69.5 cm³/mol. The van der Waals surface area contributed by atoms with Crippen molar-refractivity contribution in [2.24, 2.45) is 11.7 Å². The molecule has 3 rings (SSSR count). The molecule has 20 heavy (non-hydrogen) atoms. The molecule has 2 N–H and O–H groups in total. The summed E-state index contributed by atoms with van der Waals surface area (Å²) in [4.78, 5) is 0. The number of hydrogen-bond acceptors (Lipinski definition) is 2. The molecule has 0 amide bonds. The maximum atomic E-state index is 12.9. The van der Waals surface area contributed by atoms with Crippen molar-refractivity contribution in [3.05, 3.63) is 29.3 Å². The van der Waals surface area contributed by atoms with Crippen molar-refractivity contribution in [1.29, 1.82) is 0 Å². The van der Waals surface area contributed by atoms with Gasteiger partial charge in [0.25, 0.3) is 0 Å². The van der Waals surface area contributed by atoms with Gasteiger partial charge in [-0.25, -0.2) is 0 Å². The zero-order chi connectivity index (χ0) is 14.4. The number of fused-ring (bicyclic) bond motifs is 1. The van der Waals surface area contributed by atoms with Crippen molar-refractivity contribution >= 4 is 0 Å². The van der Waals surface area contributed by atoms with E-state index < -0.39 is 17.6 Å². The molecule has 2 unspecified atom stereocenters. The van der Waals surface area contributed by atoms with Crippen molar-refractivity contribution in [3.8, 4) is 5.75 Å². The number of nitrogens with two attached hydrogens (primary N) is 1. The van der Waals surface area contributed by atoms with Crippen LogP contribution < -0.4 is 10.5 Å². The Labute approximate surface area is 116 Å². The van der Waals surface area contributed by atoms with Gasteiger partial charge in [-0.15, -0.1) is 0 Å². The largest absolute Gasteiger partial charge is 0.493 e. The second-order valence-electron chi connectivity index (χ2n) is 5.91. The Morgan fingerprint density at radius 1 is 1.30 bits per heavy atom. The van der Waals surface area contributed by atoms with Gasteiger partial charge in [-0.1, -0.05) is 18.6 Å². The Morgan fingerprint density at radius 3 is 2.85 bits per heavy atom. The van der Waals surface area contributed by atoms with E-state index in [9.17, 15) is 13.2 Å². The van der Waals surface area contributed by atoms with Crippen molar-refractivity contribution in [3.63, 3.8) is 0 Å². The highest BCUT2D eigenvalue weighted by atomic mass is 19.4. The lowest BCUT2D eigenvalue weighted by molar-refractivity contribution is -0.187. The second-order valence-corrected chi connectivity index (χ2v) is 5.91. The maximum absolute atomic E-state index is 12.9. The van der Waals surface area contributed by atoms with Gasteiger partial charge in [0.2, 0.25) is 0 Å². The average Bonchev–Trinajstić information content (AvgIpc) is 2.85. The number of halogens is 3. The van der Waals surface area contributed by atoms with Gasteiger partial charge in [-0.05, 0) is 36.5 Å². The third-order valence-corrected chi connectivity index (χ3v) is 4.51. The lowest BCUT2D eigenvalue weighted by Gasteiger charge is -2.39. The molecule has 1 fully saturated rings. The zero-order valence-electron chi connectivity index (χ0n) is 11.2. The van der Waals surface area contributed by atoms with Crippen LogP contribution in [0.1, 0.15) is 36.8 Å². The van der Waals surface area contributed by atoms with Crippen LogP contribution in [0.25, 0.3) is 0 Å². The molecular formula is C15H18F3NO. The minimum Gasteiger partial charge on any atom is -0.493 e. The van der Waals surface area contributed by atoms with E-state index in [-0.39, 0.29) is 12.8 Å². The van der Waals surface area contributed by atoms with Crippen LogP contribution in [-0.4, -0.2) is 12.8 Å². The van der Waals surface area contributed by atoms with Gasteiger partial charge >= 0.3 is 6.18 Å². The smallest absolute Gasteiger partial charge is 0.391 e. The van der Waals surface area contributed by atoms with Gasteiger partial charge in [0, 0.05) is 12.0 Å². The SMILES string of the molecule is NC1(c2ccc3c(c2)CCO3)CCCC(C(F)(F)F)C1. The standard InChI is InChI=1S/C15H18F3NO/c16-15(17,18)12-2-1-6-14(19,9-12)11-3-4-13-10(8-11)5-7-20-13/h3-4,8,12H,1-2,5-7,9,19H2. The predicted octanol–water partition coefficient (Wildman–Crippen LogP) is 3.53. The number of alkyl halides is 3. The summed E-state index contributed by atoms with van der Waals surface area (Å²) in [6, 6.07) is 5.59. The number of rotatable bonds is 1. The first-order valence-corrected chi connectivity index (χ1v) is 7.00. The van der Waals surface area contributed by atoms with Gasteiger partial charge in [0.05, 0.1) is 12.5 Å². The van der Waals surface area contributed by atoms with Crippen molar-refractivity contribution in [1.82, 2.24) is 0 Å². The van der Waals surface area contributed by atoms with E-state index in [0.717, 1.165) is 23.3 Å². The molecule has 0 bridgehead atoms. The van der Waals surface area contributed by atoms with Crippen LogP contribution in [-0.2, 0) is 12.0 Å². The van der Waals surface area contributed by atoms with Gasteiger partial charge in [0.15, 0.2) is 0 Å². The van der Waals surface area contributed by atoms with E-state index in [0.29, 0.717) is 19.4 Å². The lowest BCUT2D eigenvalue weighted by atomic mass is 9.72. The highest BCUT2D eigenvalue weighted by Crippen LogP contribution is 2.45. The molecule has 1 heterocycles. The van der Waals surface area contributed by atoms with E-state index >= 15 is 0 Å². The van der Waals surface area contributed by atoms with Gasteiger partial charge in [-0.2, -0.15) is 13.2 Å². The summed E-state index contributed by atoms with van der Waals surface area (Å²) in [6.07, 6.45) is -2.03. The Bertz CT molecular complexity index is 514. The van der Waals surface area contributed by atoms with E-state index in [4.69, 9.17) is 10.5 Å². The van der Waals surface area contributed by atoms with Crippen LogP contribution in [0.3, 0.4) is 0 Å². The van der Waals surface area contributed by atoms with Crippen LogP contribution in [0.4, 0.5) is 13.2 Å². The Hall–Kier alpha value is -1.23. The first-order chi connectivity index (χ1) is 9.38. The van der Waals surface area contributed by atoms with E-state index in [1.165, 1.54) is 0 Å². The summed E-state index contributed by atoms with van der Waals surface area (Å²) in [7, 11) is 0. The minimum atomic E-state index is -4.15. The molecule has 1 aromatic carbocycles. The van der Waals surface area contributed by atoms with Crippen LogP contribution in [0.2, 0.25) is 0 Å². The molecular weight excluding hydrogens is 267 g/mol. The molecule has 0 radical (unpaired) electrons. The third-order valence-electron chi connectivity index (χ3n) is 4.51. The molecule has 1 saturated carbocycles. The number of benzene rings is 1. The number of hydrogen-bond donors (Lipinski definition) is 1. The van der Waals surface area contributed by atoms with E-state index in [2.05, 4.69) is 0 Å². The first-order valence-electron chi connectivity index (χ1n) is 7.00. The monoisotopic (exact) mass is 285 g/mol. The maximum Gasteiger partial charge on any atom is 0.391 e. The third kappa shape index (κ3) is 2.39. The molecule has 2 nitrogen and oxygen atoms in total. The Kier molecular flexibility index (Phi) is 3.20. The van der Waals surface area contributed by atoms with Crippen LogP contribution in [0.15, 0.2) is 18.2 Å². The molecule has 2 atom stereocenters. The quantitative estimate of drug-likeness (QED) is 0.856. The molecule has 2 aliphatic rings. The molecule has 1 aliphatic carbocycles. The minimum absolute atomic E-state index is 0.0177. The van der Waals surface area contributed by atoms with Crippen LogP contribution >= 0.6 is 0 Å². The highest BCUT2D eigenvalue weighted by molar-refractivity contribution is 5.42. The molecule has 1 aliphatic heterocycles. The van der Waals surface area contributed by atoms with Crippen molar-refractivity contribution in [2.75, 3.05) is 6.61 Å². The molecule has 110 valence electrons.